The molecule has 4 N–H and O–H groups in total. The maximum Gasteiger partial charge on any atom is 0.247 e. The Morgan fingerprint density at radius 3 is 2.58 bits per heavy atom. The van der Waals surface area contributed by atoms with Crippen molar-refractivity contribution in [2.75, 3.05) is 25.5 Å². The molecule has 1 aromatic rings. The van der Waals surface area contributed by atoms with Gasteiger partial charge in [-0.05, 0) is 50.3 Å². The first-order chi connectivity index (χ1) is 14.7. The van der Waals surface area contributed by atoms with Gasteiger partial charge in [-0.15, -0.1) is 0 Å². The molecule has 170 valence electrons. The molecule has 1 aliphatic heterocycles. The fraction of sp³-hybridized carbons (Fsp3) is 0.571. The molecular weight excluding hydrogens is 418 g/mol. The summed E-state index contributed by atoms with van der Waals surface area (Å²) in [6.07, 6.45) is 8.04. The molecule has 4 rings (SSSR count). The third-order valence-electron chi connectivity index (χ3n) is 5.89. The van der Waals surface area contributed by atoms with Gasteiger partial charge in [0, 0.05) is 30.3 Å². The number of carbonyl (C=O) groups is 1. The number of ether oxygens (including phenoxy) is 1. The first-order valence-electron chi connectivity index (χ1n) is 10.5. The molecule has 0 unspecified atom stereocenters. The molecule has 0 atom stereocenters. The maximum atomic E-state index is 11.4. The molecule has 0 fully saturated rings. The van der Waals surface area contributed by atoms with Gasteiger partial charge >= 0.3 is 0 Å². The summed E-state index contributed by atoms with van der Waals surface area (Å²) in [7, 11) is -2.27. The fourth-order valence-electron chi connectivity index (χ4n) is 4.21. The molecule has 0 spiro atoms. The lowest BCUT2D eigenvalue weighted by molar-refractivity contribution is -0.105. The van der Waals surface area contributed by atoms with Crippen LogP contribution in [0.4, 0.5) is 5.69 Å². The summed E-state index contributed by atoms with van der Waals surface area (Å²) < 4.78 is 30.1. The summed E-state index contributed by atoms with van der Waals surface area (Å²) >= 11 is 0. The van der Waals surface area contributed by atoms with Crippen LogP contribution >= 0.6 is 0 Å². The van der Waals surface area contributed by atoms with E-state index in [2.05, 4.69) is 28.9 Å². The molecule has 1 aromatic heterocycles. The van der Waals surface area contributed by atoms with Gasteiger partial charge in [-0.3, -0.25) is 14.8 Å². The van der Waals surface area contributed by atoms with E-state index in [0.29, 0.717) is 13.2 Å². The molecular formula is C21H31N5O4S. The van der Waals surface area contributed by atoms with E-state index in [1.807, 2.05) is 0 Å². The minimum atomic E-state index is -3.58. The zero-order valence-corrected chi connectivity index (χ0v) is 19.1. The number of hydrogen-bond donors (Lipinski definition) is 3. The van der Waals surface area contributed by atoms with E-state index < -0.39 is 10.0 Å². The average Bonchev–Trinajstić information content (AvgIpc) is 3.34. The third kappa shape index (κ3) is 4.74. The van der Waals surface area contributed by atoms with Crippen molar-refractivity contribution in [1.29, 1.82) is 0 Å². The van der Waals surface area contributed by atoms with Gasteiger partial charge < -0.3 is 15.8 Å². The Kier molecular flexibility index (Phi) is 7.00. The van der Waals surface area contributed by atoms with Crippen molar-refractivity contribution in [2.45, 2.75) is 57.8 Å². The summed E-state index contributed by atoms with van der Waals surface area (Å²) in [5.41, 5.74) is 11.4. The normalized spacial score (nSPS) is 19.3. The van der Waals surface area contributed by atoms with Gasteiger partial charge in [-0.2, -0.15) is 0 Å². The number of rotatable bonds is 5. The number of fused-ring (bicyclic) bond motifs is 2. The van der Waals surface area contributed by atoms with E-state index >= 15 is 0 Å². The molecule has 31 heavy (non-hydrogen) atoms. The Bertz CT molecular complexity index is 1020. The van der Waals surface area contributed by atoms with E-state index in [1.54, 1.807) is 0 Å². The molecule has 1 amide bonds. The van der Waals surface area contributed by atoms with Crippen LogP contribution in [0.1, 0.15) is 55.6 Å². The van der Waals surface area contributed by atoms with E-state index in [0.717, 1.165) is 50.4 Å². The third-order valence-corrected chi connectivity index (χ3v) is 7.31. The topological polar surface area (TPSA) is 136 Å². The zero-order chi connectivity index (χ0) is 22.6. The Hall–Kier alpha value is -2.46. The van der Waals surface area contributed by atoms with Gasteiger partial charge in [0.15, 0.2) is 4.91 Å². The van der Waals surface area contributed by atoms with Crippen molar-refractivity contribution in [1.82, 2.24) is 9.71 Å². The van der Waals surface area contributed by atoms with Crippen LogP contribution in [0, 0.1) is 0 Å². The second kappa shape index (κ2) is 9.35. The zero-order valence-electron chi connectivity index (χ0n) is 18.3. The number of aryl methyl sites for hydroxylation is 1. The van der Waals surface area contributed by atoms with E-state index in [-0.39, 0.29) is 16.2 Å². The number of carbonyl (C=O) groups excluding carboxylic acids is 1. The highest BCUT2D eigenvalue weighted by atomic mass is 32.2. The van der Waals surface area contributed by atoms with Gasteiger partial charge in [-0.25, -0.2) is 13.1 Å². The molecule has 0 saturated heterocycles. The summed E-state index contributed by atoms with van der Waals surface area (Å²) in [4.78, 5) is 19.5. The van der Waals surface area contributed by atoms with Crippen LogP contribution in [0.2, 0.25) is 0 Å². The van der Waals surface area contributed by atoms with E-state index in [1.165, 1.54) is 36.0 Å². The van der Waals surface area contributed by atoms with Crippen molar-refractivity contribution < 1.29 is 17.9 Å². The number of nitrogens with zero attached hydrogens (tertiary/aromatic N) is 2. The van der Waals surface area contributed by atoms with Gasteiger partial charge in [0.25, 0.3) is 0 Å². The van der Waals surface area contributed by atoms with Crippen molar-refractivity contribution in [2.24, 2.45) is 10.7 Å². The molecule has 2 heterocycles. The van der Waals surface area contributed by atoms with Crippen molar-refractivity contribution >= 4 is 28.0 Å². The first kappa shape index (κ1) is 23.2. The predicted octanol–water partition coefficient (Wildman–Crippen LogP) is 1.52. The lowest BCUT2D eigenvalue weighted by atomic mass is 9.90. The Morgan fingerprint density at radius 2 is 1.97 bits per heavy atom. The van der Waals surface area contributed by atoms with Gasteiger partial charge in [0.05, 0.1) is 18.0 Å². The molecule has 3 aliphatic rings. The summed E-state index contributed by atoms with van der Waals surface area (Å²) in [6, 6.07) is 0. The quantitative estimate of drug-likeness (QED) is 0.583. The summed E-state index contributed by atoms with van der Waals surface area (Å²) in [5, 5.41) is 2.93. The van der Waals surface area contributed by atoms with Crippen LogP contribution < -0.4 is 15.8 Å². The number of sulfonamides is 1. The van der Waals surface area contributed by atoms with Crippen LogP contribution in [-0.4, -0.2) is 45.9 Å². The van der Waals surface area contributed by atoms with Crippen LogP contribution in [0.5, 0.6) is 0 Å². The number of aromatic nitrogens is 1. The lowest BCUT2D eigenvalue weighted by Gasteiger charge is -2.20. The molecule has 0 aromatic carbocycles. The number of nitrogens with one attached hydrogen (secondary N) is 2. The standard InChI is InChI=1S/C14H18N2O.C7H13N3O3S/c1-14(2)7-6-10-12(15-8-17)9-4-3-5-11(9)16-13(10)14;1-9-14(11,12)6(5-8)7-10-3-2-4-13-7/h8H,3-7H2,1-2H3,(H,15,16,17);5,9H,2-4,8H2,1H3/b;6-5+. The average molecular weight is 450 g/mol. The summed E-state index contributed by atoms with van der Waals surface area (Å²) in [6.45, 7) is 5.52. The van der Waals surface area contributed by atoms with E-state index in [4.69, 9.17) is 15.5 Å². The highest BCUT2D eigenvalue weighted by Crippen LogP contribution is 2.43. The molecule has 9 nitrogen and oxygen atoms in total. The van der Waals surface area contributed by atoms with Crippen molar-refractivity contribution in [3.8, 4) is 0 Å². The van der Waals surface area contributed by atoms with Crippen molar-refractivity contribution in [3.63, 3.8) is 0 Å². The number of aliphatic imine (C=N–C) groups is 1. The van der Waals surface area contributed by atoms with Gasteiger partial charge in [0.1, 0.15) is 0 Å². The van der Waals surface area contributed by atoms with Crippen LogP contribution in [-0.2, 0) is 44.2 Å². The second-order valence-electron chi connectivity index (χ2n) is 8.37. The molecule has 0 saturated carbocycles. The lowest BCUT2D eigenvalue weighted by Crippen LogP contribution is -2.29. The van der Waals surface area contributed by atoms with E-state index in [9.17, 15) is 13.2 Å². The fourth-order valence-corrected chi connectivity index (χ4v) is 4.96. The number of anilines is 1. The molecule has 10 heteroatoms. The van der Waals surface area contributed by atoms with Crippen LogP contribution in [0.25, 0.3) is 0 Å². The number of hydrogen-bond acceptors (Lipinski definition) is 7. The Morgan fingerprint density at radius 1 is 1.19 bits per heavy atom. The van der Waals surface area contributed by atoms with Gasteiger partial charge in [0.2, 0.25) is 22.3 Å². The Balaban J connectivity index is 0.000000180. The smallest absolute Gasteiger partial charge is 0.247 e. The SMILES string of the molecule is CC1(C)CCc2c1nc1c(c2NC=O)CCC1.CNS(=O)(=O)/C(=C/N)C1=NCCCO1. The highest BCUT2D eigenvalue weighted by Gasteiger charge is 2.36. The monoisotopic (exact) mass is 449 g/mol. The molecule has 0 radical (unpaired) electrons. The minimum Gasteiger partial charge on any atom is -0.477 e. The highest BCUT2D eigenvalue weighted by molar-refractivity contribution is 7.94. The van der Waals surface area contributed by atoms with Crippen LogP contribution in [0.3, 0.4) is 0 Å². The Labute approximate surface area is 183 Å². The number of amides is 1. The maximum absolute atomic E-state index is 11.4. The molecule has 2 aliphatic carbocycles. The molecule has 0 bridgehead atoms. The number of nitrogens with two attached hydrogens (primary N) is 1. The van der Waals surface area contributed by atoms with Crippen LogP contribution in [0.15, 0.2) is 16.1 Å². The predicted molar refractivity (Wildman–Crippen MR) is 120 cm³/mol. The second-order valence-corrected chi connectivity index (χ2v) is 10.2. The van der Waals surface area contributed by atoms with Crippen molar-refractivity contribution in [3.05, 3.63) is 33.6 Å². The minimum absolute atomic E-state index is 0.0908. The number of pyridine rings is 1. The summed E-state index contributed by atoms with van der Waals surface area (Å²) in [5.74, 6) is 0.0908. The van der Waals surface area contributed by atoms with Gasteiger partial charge in [-0.1, -0.05) is 13.8 Å². The first-order valence-corrected chi connectivity index (χ1v) is 12.0. The largest absolute Gasteiger partial charge is 0.477 e.